The van der Waals surface area contributed by atoms with Gasteiger partial charge in [-0.25, -0.2) is 10.4 Å². The van der Waals surface area contributed by atoms with Crippen LogP contribution in [0.2, 0.25) is 0 Å². The highest BCUT2D eigenvalue weighted by Gasteiger charge is 2.16. The second-order valence-corrected chi connectivity index (χ2v) is 7.13. The van der Waals surface area contributed by atoms with Gasteiger partial charge < -0.3 is 0 Å². The molecule has 5 nitrogen and oxygen atoms in total. The van der Waals surface area contributed by atoms with Crippen LogP contribution >= 0.6 is 0 Å². The summed E-state index contributed by atoms with van der Waals surface area (Å²) in [5.74, 6) is 0.429. The lowest BCUT2D eigenvalue weighted by Gasteiger charge is -2.19. The van der Waals surface area contributed by atoms with Crippen LogP contribution in [0.1, 0.15) is 43.0 Å². The summed E-state index contributed by atoms with van der Waals surface area (Å²) in [6.07, 6.45) is 7.76. The molecule has 1 aliphatic carbocycles. The lowest BCUT2D eigenvalue weighted by molar-refractivity contribution is 0.0956. The molecule has 1 atom stereocenters. The minimum absolute atomic E-state index is 0.204. The van der Waals surface area contributed by atoms with Gasteiger partial charge in [0.05, 0.1) is 16.8 Å². The second kappa shape index (κ2) is 7.66. The van der Waals surface area contributed by atoms with E-state index in [0.29, 0.717) is 11.5 Å². The Morgan fingerprint density at radius 3 is 2.93 bits per heavy atom. The molecule has 0 saturated heterocycles. The highest BCUT2D eigenvalue weighted by molar-refractivity contribution is 6.07. The molecule has 2 aromatic heterocycles. The van der Waals surface area contributed by atoms with Crippen molar-refractivity contribution in [2.24, 2.45) is 11.0 Å². The number of hydrogen-bond donors (Lipinski definition) is 1. The van der Waals surface area contributed by atoms with E-state index in [2.05, 4.69) is 22.4 Å². The van der Waals surface area contributed by atoms with E-state index < -0.39 is 0 Å². The molecule has 1 amide bonds. The number of carbonyl (C=O) groups excluding carboxylic acids is 1. The molecule has 4 rings (SSSR count). The molecule has 2 heterocycles. The van der Waals surface area contributed by atoms with Crippen LogP contribution in [0.15, 0.2) is 60.0 Å². The van der Waals surface area contributed by atoms with Crippen molar-refractivity contribution in [3.8, 4) is 11.3 Å². The maximum atomic E-state index is 12.9. The third-order valence-electron chi connectivity index (χ3n) is 4.98. The maximum Gasteiger partial charge on any atom is 0.272 e. The Morgan fingerprint density at radius 2 is 2.11 bits per heavy atom. The van der Waals surface area contributed by atoms with Gasteiger partial charge in [-0.15, -0.1) is 0 Å². The lowest BCUT2D eigenvalue weighted by Crippen LogP contribution is -2.22. The van der Waals surface area contributed by atoms with Crippen LogP contribution in [-0.2, 0) is 0 Å². The number of hydrazone groups is 1. The van der Waals surface area contributed by atoms with Crippen LogP contribution in [0.5, 0.6) is 0 Å². The number of nitrogens with zero attached hydrogens (tertiary/aromatic N) is 3. The van der Waals surface area contributed by atoms with E-state index in [-0.39, 0.29) is 5.91 Å². The van der Waals surface area contributed by atoms with Gasteiger partial charge in [0, 0.05) is 29.1 Å². The summed E-state index contributed by atoms with van der Waals surface area (Å²) in [5.41, 5.74) is 6.81. The molecular weight excluding hydrogens is 336 g/mol. The van der Waals surface area contributed by atoms with Crippen molar-refractivity contribution in [1.29, 1.82) is 0 Å². The first-order valence-electron chi connectivity index (χ1n) is 9.36. The van der Waals surface area contributed by atoms with Gasteiger partial charge in [-0.2, -0.15) is 5.10 Å². The summed E-state index contributed by atoms with van der Waals surface area (Å²) >= 11 is 0. The Hall–Kier alpha value is -3.08. The summed E-state index contributed by atoms with van der Waals surface area (Å²) < 4.78 is 0. The standard InChI is InChI=1S/C22H22N4O/c1-15-6-4-8-17(12-15)25-26-22(27)19-13-21(16-7-5-11-23-14-16)24-20-10-3-2-9-18(19)20/h2-3,5,7,9-11,13-15H,4,6,8,12H2,1H3,(H,26,27)/b25-17-. The molecule has 0 bridgehead atoms. The first kappa shape index (κ1) is 17.3. The topological polar surface area (TPSA) is 67.2 Å². The zero-order chi connectivity index (χ0) is 18.6. The van der Waals surface area contributed by atoms with Crippen LogP contribution in [0.4, 0.5) is 0 Å². The highest BCUT2D eigenvalue weighted by atomic mass is 16.2. The van der Waals surface area contributed by atoms with Crippen molar-refractivity contribution in [1.82, 2.24) is 15.4 Å². The van der Waals surface area contributed by atoms with Gasteiger partial charge in [0.15, 0.2) is 0 Å². The zero-order valence-electron chi connectivity index (χ0n) is 15.4. The molecule has 1 N–H and O–H groups in total. The van der Waals surface area contributed by atoms with Crippen LogP contribution in [0, 0.1) is 5.92 Å². The van der Waals surface area contributed by atoms with Gasteiger partial charge in [0.1, 0.15) is 0 Å². The fraction of sp³-hybridized carbons (Fsp3) is 0.273. The van der Waals surface area contributed by atoms with Crippen LogP contribution < -0.4 is 5.43 Å². The summed E-state index contributed by atoms with van der Waals surface area (Å²) in [7, 11) is 0. The van der Waals surface area contributed by atoms with E-state index in [4.69, 9.17) is 4.98 Å². The van der Waals surface area contributed by atoms with Crippen molar-refractivity contribution < 1.29 is 4.79 Å². The van der Waals surface area contributed by atoms with E-state index in [1.807, 2.05) is 42.5 Å². The summed E-state index contributed by atoms with van der Waals surface area (Å²) in [6.45, 7) is 2.23. The number of carbonyl (C=O) groups is 1. The predicted octanol–water partition coefficient (Wildman–Crippen LogP) is 4.59. The first-order chi connectivity index (χ1) is 13.2. The zero-order valence-corrected chi connectivity index (χ0v) is 15.4. The van der Waals surface area contributed by atoms with Crippen molar-refractivity contribution >= 4 is 22.5 Å². The minimum Gasteiger partial charge on any atom is -0.267 e. The Bertz CT molecular complexity index is 998. The number of pyridine rings is 2. The van der Waals surface area contributed by atoms with Crippen molar-refractivity contribution in [3.63, 3.8) is 0 Å². The molecule has 0 spiro atoms. The number of amides is 1. The van der Waals surface area contributed by atoms with Gasteiger partial charge >= 0.3 is 0 Å². The monoisotopic (exact) mass is 358 g/mol. The number of nitrogens with one attached hydrogen (secondary N) is 1. The summed E-state index contributed by atoms with van der Waals surface area (Å²) in [5, 5.41) is 5.22. The van der Waals surface area contributed by atoms with Crippen LogP contribution in [0.25, 0.3) is 22.2 Å². The number of hydrogen-bond acceptors (Lipinski definition) is 4. The van der Waals surface area contributed by atoms with Crippen LogP contribution in [-0.4, -0.2) is 21.6 Å². The van der Waals surface area contributed by atoms with Gasteiger partial charge in [-0.3, -0.25) is 9.78 Å². The molecule has 1 aromatic carbocycles. The fourth-order valence-electron chi connectivity index (χ4n) is 3.58. The van der Waals surface area contributed by atoms with Gasteiger partial charge in [-0.05, 0) is 55.9 Å². The Balaban J connectivity index is 1.69. The van der Waals surface area contributed by atoms with Gasteiger partial charge in [0.25, 0.3) is 5.91 Å². The first-order valence-corrected chi connectivity index (χ1v) is 9.36. The lowest BCUT2D eigenvalue weighted by atomic mass is 9.89. The molecule has 1 unspecified atom stereocenters. The maximum absolute atomic E-state index is 12.9. The predicted molar refractivity (Wildman–Crippen MR) is 108 cm³/mol. The molecule has 5 heteroatoms. The number of aromatic nitrogens is 2. The van der Waals surface area contributed by atoms with Crippen LogP contribution in [0.3, 0.4) is 0 Å². The van der Waals surface area contributed by atoms with E-state index in [1.165, 1.54) is 6.42 Å². The van der Waals surface area contributed by atoms with E-state index in [9.17, 15) is 4.79 Å². The largest absolute Gasteiger partial charge is 0.272 e. The molecule has 1 fully saturated rings. The number of fused-ring (bicyclic) bond motifs is 1. The number of benzene rings is 1. The number of rotatable bonds is 3. The normalized spacial score (nSPS) is 18.6. The molecule has 136 valence electrons. The third-order valence-corrected chi connectivity index (χ3v) is 4.98. The summed E-state index contributed by atoms with van der Waals surface area (Å²) in [4.78, 5) is 21.8. The average Bonchev–Trinajstić information content (AvgIpc) is 2.72. The molecule has 0 aliphatic heterocycles. The smallest absolute Gasteiger partial charge is 0.267 e. The van der Waals surface area contributed by atoms with Crippen molar-refractivity contribution in [2.75, 3.05) is 0 Å². The number of para-hydroxylation sites is 1. The Morgan fingerprint density at radius 1 is 1.22 bits per heavy atom. The van der Waals surface area contributed by atoms with E-state index in [0.717, 1.165) is 47.1 Å². The molecule has 1 saturated carbocycles. The SMILES string of the molecule is CC1CCC/C(=N/NC(=O)c2cc(-c3cccnc3)nc3ccccc23)C1. The van der Waals surface area contributed by atoms with E-state index >= 15 is 0 Å². The van der Waals surface area contributed by atoms with Crippen molar-refractivity contribution in [2.45, 2.75) is 32.6 Å². The molecule has 0 radical (unpaired) electrons. The molecule has 1 aliphatic rings. The minimum atomic E-state index is -0.204. The van der Waals surface area contributed by atoms with Gasteiger partial charge in [-0.1, -0.05) is 25.1 Å². The Kier molecular flexibility index (Phi) is 4.92. The third kappa shape index (κ3) is 3.87. The molecule has 3 aromatic rings. The average molecular weight is 358 g/mol. The molecule has 27 heavy (non-hydrogen) atoms. The molecular formula is C22H22N4O. The Labute approximate surface area is 158 Å². The van der Waals surface area contributed by atoms with Gasteiger partial charge in [0.2, 0.25) is 0 Å². The summed E-state index contributed by atoms with van der Waals surface area (Å²) in [6, 6.07) is 13.3. The highest BCUT2D eigenvalue weighted by Crippen LogP contribution is 2.25. The second-order valence-electron chi connectivity index (χ2n) is 7.13. The van der Waals surface area contributed by atoms with Crippen molar-refractivity contribution in [3.05, 3.63) is 60.4 Å². The van der Waals surface area contributed by atoms with E-state index in [1.54, 1.807) is 12.4 Å². The quantitative estimate of drug-likeness (QED) is 0.696. The fourth-order valence-corrected chi connectivity index (χ4v) is 3.58.